The van der Waals surface area contributed by atoms with Crippen molar-refractivity contribution in [2.24, 2.45) is 0 Å². The lowest BCUT2D eigenvalue weighted by Crippen LogP contribution is -2.30. The van der Waals surface area contributed by atoms with Gasteiger partial charge in [-0.25, -0.2) is 9.97 Å². The number of anilines is 2. The van der Waals surface area contributed by atoms with Gasteiger partial charge in [0.25, 0.3) is 0 Å². The van der Waals surface area contributed by atoms with Crippen LogP contribution in [0.3, 0.4) is 0 Å². The Labute approximate surface area is 210 Å². The number of phenols is 1. The number of amides is 2. The third-order valence-electron chi connectivity index (χ3n) is 5.32. The van der Waals surface area contributed by atoms with Crippen LogP contribution in [0.15, 0.2) is 48.5 Å². The lowest BCUT2D eigenvalue weighted by molar-refractivity contribution is -0.120. The van der Waals surface area contributed by atoms with Crippen molar-refractivity contribution in [2.75, 3.05) is 43.9 Å². The van der Waals surface area contributed by atoms with Crippen LogP contribution >= 0.6 is 0 Å². The average molecular weight is 493 g/mol. The average Bonchev–Trinajstić information content (AvgIpc) is 2.87. The number of carbonyl (C=O) groups excluding carboxylic acids is 2. The third kappa shape index (κ3) is 7.59. The van der Waals surface area contributed by atoms with Gasteiger partial charge in [0.15, 0.2) is 17.3 Å². The molecule has 2 amide bonds. The summed E-state index contributed by atoms with van der Waals surface area (Å²) in [5.41, 5.74) is 2.45. The summed E-state index contributed by atoms with van der Waals surface area (Å²) in [5, 5.41) is 21.9. The van der Waals surface area contributed by atoms with Crippen molar-refractivity contribution >= 4 is 23.5 Å². The van der Waals surface area contributed by atoms with Crippen molar-refractivity contribution in [1.29, 1.82) is 0 Å². The van der Waals surface area contributed by atoms with Gasteiger partial charge in [0.2, 0.25) is 11.8 Å². The molecular formula is C26H32N6O4. The van der Waals surface area contributed by atoms with E-state index in [1.54, 1.807) is 12.1 Å². The van der Waals surface area contributed by atoms with Gasteiger partial charge in [-0.2, -0.15) is 0 Å². The molecule has 0 spiro atoms. The van der Waals surface area contributed by atoms with Gasteiger partial charge in [-0.05, 0) is 24.6 Å². The van der Waals surface area contributed by atoms with Crippen molar-refractivity contribution < 1.29 is 19.4 Å². The van der Waals surface area contributed by atoms with Gasteiger partial charge in [0.05, 0.1) is 13.5 Å². The Hall–Kier alpha value is -4.34. The van der Waals surface area contributed by atoms with E-state index in [2.05, 4.69) is 31.2 Å². The molecule has 190 valence electrons. The van der Waals surface area contributed by atoms with Crippen molar-refractivity contribution in [3.8, 4) is 22.9 Å². The number of nitrogens with one attached hydrogen (secondary N) is 4. The highest BCUT2D eigenvalue weighted by atomic mass is 16.5. The van der Waals surface area contributed by atoms with Gasteiger partial charge in [-0.3, -0.25) is 9.59 Å². The van der Waals surface area contributed by atoms with Crippen LogP contribution in [-0.2, 0) is 16.0 Å². The first-order valence-electron chi connectivity index (χ1n) is 11.7. The van der Waals surface area contributed by atoms with E-state index in [0.29, 0.717) is 49.4 Å². The summed E-state index contributed by atoms with van der Waals surface area (Å²) >= 11 is 0. The fraction of sp³-hybridized carbons (Fsp3) is 0.308. The van der Waals surface area contributed by atoms with Gasteiger partial charge in [-0.15, -0.1) is 0 Å². The number of hydrogen-bond donors (Lipinski definition) is 5. The van der Waals surface area contributed by atoms with Crippen LogP contribution in [-0.4, -0.2) is 60.2 Å². The quantitative estimate of drug-likeness (QED) is 0.243. The molecule has 0 fully saturated rings. The van der Waals surface area contributed by atoms with E-state index in [-0.39, 0.29) is 24.0 Å². The molecule has 0 aliphatic rings. The zero-order valence-electron chi connectivity index (χ0n) is 20.7. The molecule has 0 saturated carbocycles. The van der Waals surface area contributed by atoms with Gasteiger partial charge >= 0.3 is 0 Å². The number of carbonyl (C=O) groups is 2. The van der Waals surface area contributed by atoms with E-state index >= 15 is 0 Å². The second kappa shape index (κ2) is 12.9. The number of methoxy groups -OCH3 is 1. The second-order valence-corrected chi connectivity index (χ2v) is 8.10. The summed E-state index contributed by atoms with van der Waals surface area (Å²) in [6.45, 7) is 5.23. The van der Waals surface area contributed by atoms with Gasteiger partial charge < -0.3 is 31.1 Å². The molecule has 0 atom stereocenters. The Balaban J connectivity index is 1.62. The predicted octanol–water partition coefficient (Wildman–Crippen LogP) is 2.49. The molecule has 0 unspecified atom stereocenters. The number of benzene rings is 2. The highest BCUT2D eigenvalue weighted by Gasteiger charge is 2.13. The van der Waals surface area contributed by atoms with Crippen molar-refractivity contribution in [3.05, 3.63) is 59.7 Å². The summed E-state index contributed by atoms with van der Waals surface area (Å²) in [4.78, 5) is 32.8. The van der Waals surface area contributed by atoms with E-state index in [0.717, 1.165) is 16.7 Å². The van der Waals surface area contributed by atoms with E-state index in [1.807, 2.05) is 37.3 Å². The topological polar surface area (TPSA) is 138 Å². The Morgan fingerprint density at radius 1 is 0.917 bits per heavy atom. The Morgan fingerprint density at radius 2 is 1.56 bits per heavy atom. The maximum absolute atomic E-state index is 12.4. The molecule has 3 rings (SSSR count). The van der Waals surface area contributed by atoms with E-state index in [1.165, 1.54) is 20.1 Å². The lowest BCUT2D eigenvalue weighted by Gasteiger charge is -2.16. The normalized spacial score (nSPS) is 10.4. The molecule has 1 aromatic heterocycles. The maximum Gasteiger partial charge on any atom is 0.224 e. The molecule has 0 radical (unpaired) electrons. The molecule has 1 heterocycles. The molecule has 10 nitrogen and oxygen atoms in total. The minimum atomic E-state index is -0.144. The number of nitrogens with zero attached hydrogens (tertiary/aromatic N) is 2. The minimum absolute atomic E-state index is 0.0323. The van der Waals surface area contributed by atoms with Crippen molar-refractivity contribution in [2.45, 2.75) is 20.3 Å². The minimum Gasteiger partial charge on any atom is -0.504 e. The summed E-state index contributed by atoms with van der Waals surface area (Å²) in [6, 6.07) is 14.5. The third-order valence-corrected chi connectivity index (χ3v) is 5.32. The highest BCUT2D eigenvalue weighted by molar-refractivity contribution is 5.78. The first-order chi connectivity index (χ1) is 17.4. The highest BCUT2D eigenvalue weighted by Crippen LogP contribution is 2.27. The smallest absolute Gasteiger partial charge is 0.224 e. The van der Waals surface area contributed by atoms with Crippen LogP contribution in [0.5, 0.6) is 11.5 Å². The van der Waals surface area contributed by atoms with Crippen molar-refractivity contribution in [1.82, 2.24) is 20.6 Å². The summed E-state index contributed by atoms with van der Waals surface area (Å²) in [7, 11) is 1.47. The first kappa shape index (κ1) is 26.3. The van der Waals surface area contributed by atoms with Crippen LogP contribution in [0.1, 0.15) is 18.1 Å². The number of rotatable bonds is 12. The van der Waals surface area contributed by atoms with E-state index in [9.17, 15) is 14.7 Å². The monoisotopic (exact) mass is 492 g/mol. The van der Waals surface area contributed by atoms with E-state index in [4.69, 9.17) is 4.74 Å². The molecule has 0 aliphatic heterocycles. The first-order valence-corrected chi connectivity index (χ1v) is 11.7. The molecule has 3 aromatic rings. The van der Waals surface area contributed by atoms with Crippen LogP contribution in [0.25, 0.3) is 11.4 Å². The van der Waals surface area contributed by atoms with Crippen LogP contribution in [0.4, 0.5) is 11.6 Å². The molecule has 0 bridgehead atoms. The molecule has 0 aliphatic carbocycles. The van der Waals surface area contributed by atoms with Gasteiger partial charge in [0.1, 0.15) is 11.6 Å². The Kier molecular flexibility index (Phi) is 9.44. The zero-order valence-corrected chi connectivity index (χ0v) is 20.7. The Bertz CT molecular complexity index is 1190. The summed E-state index contributed by atoms with van der Waals surface area (Å²) in [5.74, 6) is 2.02. The van der Waals surface area contributed by atoms with E-state index < -0.39 is 0 Å². The van der Waals surface area contributed by atoms with Crippen LogP contribution in [0.2, 0.25) is 0 Å². The summed E-state index contributed by atoms with van der Waals surface area (Å²) < 4.78 is 5.09. The number of aromatic nitrogens is 2. The maximum atomic E-state index is 12.4. The van der Waals surface area contributed by atoms with Crippen molar-refractivity contribution in [3.63, 3.8) is 0 Å². The molecule has 0 saturated heterocycles. The molecular weight excluding hydrogens is 460 g/mol. The molecule has 10 heteroatoms. The Morgan fingerprint density at radius 3 is 2.17 bits per heavy atom. The standard InChI is InChI=1S/C26H32N6O4/c1-17-24(29-13-11-27-18(2)33)31-26(20-7-5-4-6-8-20)32-25(17)30-14-12-28-23(35)16-19-9-10-21(34)22(15-19)36-3/h4-10,15,34H,11-14,16H2,1-3H3,(H,27,33)(H,28,35)(H2,29,30,31,32). The van der Waals surface area contributed by atoms with Crippen LogP contribution in [0, 0.1) is 6.92 Å². The zero-order chi connectivity index (χ0) is 25.9. The lowest BCUT2D eigenvalue weighted by atomic mass is 10.1. The fourth-order valence-corrected chi connectivity index (χ4v) is 3.46. The summed E-state index contributed by atoms with van der Waals surface area (Å²) in [6.07, 6.45) is 0.170. The molecule has 2 aromatic carbocycles. The molecule has 5 N–H and O–H groups in total. The second-order valence-electron chi connectivity index (χ2n) is 8.10. The number of aromatic hydroxyl groups is 1. The number of phenolic OH excluding ortho intramolecular Hbond substituents is 1. The SMILES string of the molecule is COc1cc(CC(=O)NCCNc2nc(-c3ccccc3)nc(NCCNC(C)=O)c2C)ccc1O. The number of ether oxygens (including phenoxy) is 1. The number of hydrogen-bond acceptors (Lipinski definition) is 8. The predicted molar refractivity (Wildman–Crippen MR) is 139 cm³/mol. The fourth-order valence-electron chi connectivity index (χ4n) is 3.46. The van der Waals surface area contributed by atoms with Gasteiger partial charge in [-0.1, -0.05) is 36.4 Å². The largest absolute Gasteiger partial charge is 0.504 e. The van der Waals surface area contributed by atoms with Crippen LogP contribution < -0.4 is 26.0 Å². The van der Waals surface area contributed by atoms with Gasteiger partial charge in [0, 0.05) is 44.2 Å². The molecule has 36 heavy (non-hydrogen) atoms.